The molecule has 0 aliphatic rings. The number of aromatic nitrogens is 2. The molecule has 5 heteroatoms. The molecule has 0 aliphatic heterocycles. The second-order valence-corrected chi connectivity index (χ2v) is 6.97. The van der Waals surface area contributed by atoms with Gasteiger partial charge >= 0.3 is 0 Å². The molecule has 4 aromatic rings. The Kier molecular flexibility index (Phi) is 3.77. The number of rotatable bonds is 4. The zero-order chi connectivity index (χ0) is 15.6. The Morgan fingerprint density at radius 1 is 1.09 bits per heavy atom. The van der Waals surface area contributed by atoms with Gasteiger partial charge in [-0.2, -0.15) is 0 Å². The van der Waals surface area contributed by atoms with E-state index in [2.05, 4.69) is 69.6 Å². The maximum atomic E-state index is 5.86. The Balaban J connectivity index is 1.58. The molecule has 114 valence electrons. The van der Waals surface area contributed by atoms with Crippen LogP contribution in [0.1, 0.15) is 4.88 Å². The number of nitrogens with zero attached hydrogens (tertiary/aromatic N) is 2. The number of pyridine rings is 1. The van der Waals surface area contributed by atoms with Gasteiger partial charge in [0.05, 0.1) is 6.54 Å². The van der Waals surface area contributed by atoms with Gasteiger partial charge in [0.2, 0.25) is 0 Å². The first kappa shape index (κ1) is 14.3. The third-order valence-corrected chi connectivity index (χ3v) is 4.81. The van der Waals surface area contributed by atoms with Gasteiger partial charge in [-0.1, -0.05) is 29.8 Å². The highest BCUT2D eigenvalue weighted by Crippen LogP contribution is 2.26. The zero-order valence-corrected chi connectivity index (χ0v) is 13.8. The van der Waals surface area contributed by atoms with Crippen molar-refractivity contribution >= 4 is 34.1 Å². The van der Waals surface area contributed by atoms with Crippen molar-refractivity contribution in [2.45, 2.75) is 6.54 Å². The van der Waals surface area contributed by atoms with Crippen molar-refractivity contribution in [2.75, 3.05) is 5.32 Å². The quantitative estimate of drug-likeness (QED) is 0.544. The normalized spacial score (nSPS) is 11.0. The van der Waals surface area contributed by atoms with Gasteiger partial charge in [0.25, 0.3) is 0 Å². The summed E-state index contributed by atoms with van der Waals surface area (Å²) in [5.74, 6) is 0. The molecule has 3 heterocycles. The molecule has 0 spiro atoms. The molecule has 0 saturated carbocycles. The maximum Gasteiger partial charge on any atom is 0.183 e. The fourth-order valence-electron chi connectivity index (χ4n) is 2.58. The summed E-state index contributed by atoms with van der Waals surface area (Å²) in [4.78, 5) is 5.18. The van der Waals surface area contributed by atoms with E-state index in [-0.39, 0.29) is 0 Å². The molecule has 0 atom stereocenters. The van der Waals surface area contributed by atoms with Gasteiger partial charge in [0, 0.05) is 40.2 Å². The summed E-state index contributed by atoms with van der Waals surface area (Å²) < 4.78 is 2.71. The van der Waals surface area contributed by atoms with Crippen molar-refractivity contribution in [1.29, 1.82) is 0 Å². The summed E-state index contributed by atoms with van der Waals surface area (Å²) in [6.45, 7) is 0.728. The van der Waals surface area contributed by atoms with E-state index in [0.717, 1.165) is 17.1 Å². The van der Waals surface area contributed by atoms with Crippen LogP contribution in [0.15, 0.2) is 67.1 Å². The van der Waals surface area contributed by atoms with Crippen molar-refractivity contribution in [3.05, 3.63) is 76.5 Å². The Morgan fingerprint density at radius 3 is 2.87 bits per heavy atom. The number of anilines is 1. The lowest BCUT2D eigenvalue weighted by Gasteiger charge is -2.06. The van der Waals surface area contributed by atoms with Crippen molar-refractivity contribution < 1.29 is 0 Å². The van der Waals surface area contributed by atoms with Crippen LogP contribution < -0.4 is 5.32 Å². The number of fused-ring (bicyclic) bond motifs is 1. The van der Waals surface area contributed by atoms with Gasteiger partial charge in [-0.15, -0.1) is 11.3 Å². The van der Waals surface area contributed by atoms with Crippen molar-refractivity contribution in [3.63, 3.8) is 0 Å². The van der Waals surface area contributed by atoms with E-state index in [1.807, 2.05) is 12.3 Å². The number of halogens is 1. The van der Waals surface area contributed by atoms with Crippen molar-refractivity contribution in [1.82, 2.24) is 9.38 Å². The van der Waals surface area contributed by atoms with Crippen LogP contribution in [0.5, 0.6) is 0 Å². The summed E-state index contributed by atoms with van der Waals surface area (Å²) in [7, 11) is 0. The lowest BCUT2D eigenvalue weighted by Crippen LogP contribution is -1.97. The molecule has 0 aliphatic carbocycles. The van der Waals surface area contributed by atoms with Crippen LogP contribution >= 0.6 is 22.9 Å². The molecule has 0 bridgehead atoms. The molecule has 3 nitrogen and oxygen atoms in total. The molecule has 0 amide bonds. The molecule has 0 radical (unpaired) electrons. The molecule has 3 aromatic heterocycles. The van der Waals surface area contributed by atoms with E-state index in [9.17, 15) is 0 Å². The largest absolute Gasteiger partial charge is 0.380 e. The topological polar surface area (TPSA) is 29.3 Å². The van der Waals surface area contributed by atoms with Gasteiger partial charge in [0.1, 0.15) is 0 Å². The summed E-state index contributed by atoms with van der Waals surface area (Å²) in [6, 6.07) is 16.8. The van der Waals surface area contributed by atoms with Gasteiger partial charge in [-0.3, -0.25) is 0 Å². The van der Waals surface area contributed by atoms with Gasteiger partial charge < -0.3 is 9.72 Å². The molecule has 1 N–H and O–H groups in total. The minimum Gasteiger partial charge on any atom is -0.380 e. The first-order valence-corrected chi connectivity index (χ1v) is 8.49. The Labute approximate surface area is 143 Å². The predicted molar refractivity (Wildman–Crippen MR) is 97.3 cm³/mol. The Bertz CT molecular complexity index is 924. The second kappa shape index (κ2) is 6.07. The van der Waals surface area contributed by atoms with Crippen molar-refractivity contribution in [3.8, 4) is 11.1 Å². The van der Waals surface area contributed by atoms with E-state index in [1.54, 1.807) is 0 Å². The first-order chi connectivity index (χ1) is 11.3. The zero-order valence-electron chi connectivity index (χ0n) is 12.2. The Hall–Kier alpha value is -2.30. The Morgan fingerprint density at radius 2 is 2.04 bits per heavy atom. The van der Waals surface area contributed by atoms with E-state index in [0.29, 0.717) is 4.47 Å². The molecule has 0 fully saturated rings. The maximum absolute atomic E-state index is 5.86. The second-order valence-electron chi connectivity index (χ2n) is 5.28. The highest BCUT2D eigenvalue weighted by atomic mass is 35.5. The van der Waals surface area contributed by atoms with Gasteiger partial charge in [-0.25, -0.2) is 4.98 Å². The molecular weight excluding hydrogens is 326 g/mol. The SMILES string of the molecule is Clc1ncc(CNc2cccc(-c3cc4ccccn4c3)c2)s1. The van der Waals surface area contributed by atoms with E-state index < -0.39 is 0 Å². The van der Waals surface area contributed by atoms with Gasteiger partial charge in [-0.05, 0) is 35.9 Å². The molecular formula is C18H14ClN3S. The molecule has 0 saturated heterocycles. The summed E-state index contributed by atoms with van der Waals surface area (Å²) >= 11 is 7.36. The lowest BCUT2D eigenvalue weighted by molar-refractivity contribution is 1.17. The lowest BCUT2D eigenvalue weighted by atomic mass is 10.1. The minimum absolute atomic E-state index is 0.580. The van der Waals surface area contributed by atoms with Crippen LogP contribution in [-0.2, 0) is 6.54 Å². The highest BCUT2D eigenvalue weighted by Gasteiger charge is 2.04. The van der Waals surface area contributed by atoms with E-state index in [4.69, 9.17) is 11.6 Å². The van der Waals surface area contributed by atoms with Crippen molar-refractivity contribution in [2.24, 2.45) is 0 Å². The summed E-state index contributed by atoms with van der Waals surface area (Å²) in [6.07, 6.45) is 6.02. The third kappa shape index (κ3) is 3.09. The number of benzene rings is 1. The fourth-order valence-corrected chi connectivity index (χ4v) is 3.49. The number of nitrogens with one attached hydrogen (secondary N) is 1. The van der Waals surface area contributed by atoms with Crippen LogP contribution in [0.4, 0.5) is 5.69 Å². The van der Waals surface area contributed by atoms with Crippen LogP contribution in [0.2, 0.25) is 4.47 Å². The molecule has 0 unspecified atom stereocenters. The van der Waals surface area contributed by atoms with E-state index >= 15 is 0 Å². The van der Waals surface area contributed by atoms with Crippen LogP contribution in [-0.4, -0.2) is 9.38 Å². The average Bonchev–Trinajstić information content (AvgIpc) is 3.19. The molecule has 23 heavy (non-hydrogen) atoms. The standard InChI is InChI=1S/C18H14ClN3S/c19-18-21-11-17(23-18)10-20-15-5-3-4-13(8-15)14-9-16-6-1-2-7-22(16)12-14/h1-9,11-12,20H,10H2. The summed E-state index contributed by atoms with van der Waals surface area (Å²) in [5, 5.41) is 3.42. The minimum atomic E-state index is 0.580. The predicted octanol–water partition coefficient (Wildman–Crippen LogP) is 5.33. The highest BCUT2D eigenvalue weighted by molar-refractivity contribution is 7.15. The average molecular weight is 340 g/mol. The molecule has 1 aromatic carbocycles. The van der Waals surface area contributed by atoms with Crippen LogP contribution in [0, 0.1) is 0 Å². The van der Waals surface area contributed by atoms with E-state index in [1.165, 1.54) is 28.0 Å². The first-order valence-electron chi connectivity index (χ1n) is 7.29. The molecule has 4 rings (SSSR count). The number of hydrogen-bond acceptors (Lipinski definition) is 3. The third-order valence-electron chi connectivity index (χ3n) is 3.69. The van der Waals surface area contributed by atoms with Crippen LogP contribution in [0.3, 0.4) is 0 Å². The fraction of sp³-hybridized carbons (Fsp3) is 0.0556. The number of hydrogen-bond donors (Lipinski definition) is 1. The van der Waals surface area contributed by atoms with Crippen LogP contribution in [0.25, 0.3) is 16.6 Å². The number of thiazole rings is 1. The monoisotopic (exact) mass is 339 g/mol. The summed E-state index contributed by atoms with van der Waals surface area (Å²) in [5.41, 5.74) is 4.68. The van der Waals surface area contributed by atoms with Gasteiger partial charge in [0.15, 0.2) is 4.47 Å². The smallest absolute Gasteiger partial charge is 0.183 e.